The molecule has 1 unspecified atom stereocenters. The molecule has 3 N–H and O–H groups in total. The Morgan fingerprint density at radius 1 is 1.50 bits per heavy atom. The molecule has 0 aliphatic rings. The number of hydrogen-bond acceptors (Lipinski definition) is 4. The maximum Gasteiger partial charge on any atom is 0.103 e. The average Bonchev–Trinajstić information content (AvgIpc) is 2.92. The molecule has 2 aromatic rings. The van der Waals surface area contributed by atoms with Crippen molar-refractivity contribution in [3.63, 3.8) is 0 Å². The van der Waals surface area contributed by atoms with Crippen molar-refractivity contribution in [1.29, 1.82) is 0 Å². The molecule has 1 atom stereocenters. The maximum absolute atomic E-state index is 5.58. The van der Waals surface area contributed by atoms with E-state index in [9.17, 15) is 0 Å². The minimum Gasteiger partial charge on any atom is -0.469 e. The van der Waals surface area contributed by atoms with Crippen molar-refractivity contribution in [2.45, 2.75) is 18.9 Å². The highest BCUT2D eigenvalue weighted by Crippen LogP contribution is 2.31. The number of rotatable bonds is 5. The molecule has 16 heavy (non-hydrogen) atoms. The number of hydrogen-bond donors (Lipinski definition) is 2. The molecule has 2 heterocycles. The molecule has 0 amide bonds. The van der Waals surface area contributed by atoms with Crippen LogP contribution in [0.3, 0.4) is 0 Å². The van der Waals surface area contributed by atoms with Gasteiger partial charge in [0, 0.05) is 15.8 Å². The molecule has 3 nitrogen and oxygen atoms in total. The smallest absolute Gasteiger partial charge is 0.103 e. The summed E-state index contributed by atoms with van der Waals surface area (Å²) in [6, 6.07) is 6.09. The zero-order chi connectivity index (χ0) is 11.4. The van der Waals surface area contributed by atoms with Crippen LogP contribution >= 0.6 is 27.3 Å². The first kappa shape index (κ1) is 11.9. The van der Waals surface area contributed by atoms with Crippen LogP contribution in [0.4, 0.5) is 0 Å². The fourth-order valence-electron chi connectivity index (χ4n) is 1.59. The lowest BCUT2D eigenvalue weighted by molar-refractivity contribution is 0.461. The molecule has 2 rings (SSSR count). The molecule has 0 spiro atoms. The first-order valence-corrected chi connectivity index (χ1v) is 6.70. The first-order valence-electron chi connectivity index (χ1n) is 5.02. The van der Waals surface area contributed by atoms with Gasteiger partial charge < -0.3 is 4.42 Å². The van der Waals surface area contributed by atoms with E-state index in [0.29, 0.717) is 0 Å². The summed E-state index contributed by atoms with van der Waals surface area (Å²) < 4.78 is 6.41. The summed E-state index contributed by atoms with van der Waals surface area (Å²) in [5, 5.41) is 2.05. The molecule has 86 valence electrons. The third-order valence-corrected chi connectivity index (χ3v) is 4.41. The SMILES string of the molecule is NNC(CCc1ccco1)c1sccc1Br. The number of hydrazine groups is 1. The number of nitrogens with one attached hydrogen (secondary N) is 1. The molecule has 0 aliphatic heterocycles. The zero-order valence-corrected chi connectivity index (χ0v) is 11.1. The first-order chi connectivity index (χ1) is 7.81. The summed E-state index contributed by atoms with van der Waals surface area (Å²) >= 11 is 5.22. The van der Waals surface area contributed by atoms with Gasteiger partial charge in [0.15, 0.2) is 0 Å². The van der Waals surface area contributed by atoms with Crippen LogP contribution in [0.5, 0.6) is 0 Å². The summed E-state index contributed by atoms with van der Waals surface area (Å²) in [5.41, 5.74) is 2.85. The van der Waals surface area contributed by atoms with Gasteiger partial charge in [0.25, 0.3) is 0 Å². The largest absolute Gasteiger partial charge is 0.469 e. The van der Waals surface area contributed by atoms with E-state index < -0.39 is 0 Å². The van der Waals surface area contributed by atoms with Crippen LogP contribution in [-0.4, -0.2) is 0 Å². The highest BCUT2D eigenvalue weighted by molar-refractivity contribution is 9.10. The van der Waals surface area contributed by atoms with Crippen LogP contribution in [0.25, 0.3) is 0 Å². The van der Waals surface area contributed by atoms with Crippen molar-refractivity contribution in [2.24, 2.45) is 5.84 Å². The van der Waals surface area contributed by atoms with E-state index in [-0.39, 0.29) is 6.04 Å². The molecular weight excluding hydrogens is 288 g/mol. The van der Waals surface area contributed by atoms with E-state index in [2.05, 4.69) is 26.7 Å². The molecule has 0 aromatic carbocycles. The van der Waals surface area contributed by atoms with Crippen LogP contribution in [0, 0.1) is 0 Å². The van der Waals surface area contributed by atoms with E-state index in [0.717, 1.165) is 23.1 Å². The van der Waals surface area contributed by atoms with Crippen LogP contribution in [-0.2, 0) is 6.42 Å². The van der Waals surface area contributed by atoms with Gasteiger partial charge in [0.1, 0.15) is 5.76 Å². The fourth-order valence-corrected chi connectivity index (χ4v) is 3.33. The minimum atomic E-state index is 0.166. The molecule has 0 saturated heterocycles. The Morgan fingerprint density at radius 3 is 2.94 bits per heavy atom. The molecular formula is C11H13BrN2OS. The highest BCUT2D eigenvalue weighted by atomic mass is 79.9. The van der Waals surface area contributed by atoms with Gasteiger partial charge in [-0.25, -0.2) is 0 Å². The Kier molecular flexibility index (Phi) is 4.17. The van der Waals surface area contributed by atoms with Gasteiger partial charge in [-0.05, 0) is 45.9 Å². The number of nitrogens with two attached hydrogens (primary N) is 1. The van der Waals surface area contributed by atoms with Gasteiger partial charge in [-0.15, -0.1) is 11.3 Å². The monoisotopic (exact) mass is 300 g/mol. The minimum absolute atomic E-state index is 0.166. The van der Waals surface area contributed by atoms with Gasteiger partial charge in [0.05, 0.1) is 12.3 Å². The van der Waals surface area contributed by atoms with Crippen molar-refractivity contribution in [1.82, 2.24) is 5.43 Å². The summed E-state index contributed by atoms with van der Waals surface area (Å²) in [6.07, 6.45) is 3.50. The highest BCUT2D eigenvalue weighted by Gasteiger charge is 2.14. The quantitative estimate of drug-likeness (QED) is 0.658. The Morgan fingerprint density at radius 2 is 2.38 bits per heavy atom. The summed E-state index contributed by atoms with van der Waals surface area (Å²) in [6.45, 7) is 0. The van der Waals surface area contributed by atoms with Gasteiger partial charge in [0.2, 0.25) is 0 Å². The van der Waals surface area contributed by atoms with E-state index in [1.54, 1.807) is 17.6 Å². The lowest BCUT2D eigenvalue weighted by Crippen LogP contribution is -2.28. The van der Waals surface area contributed by atoms with Crippen molar-refractivity contribution in [2.75, 3.05) is 0 Å². The Hall–Kier alpha value is -0.620. The van der Waals surface area contributed by atoms with E-state index in [1.807, 2.05) is 18.2 Å². The van der Waals surface area contributed by atoms with Crippen LogP contribution in [0.15, 0.2) is 38.7 Å². The topological polar surface area (TPSA) is 51.2 Å². The molecule has 2 aromatic heterocycles. The van der Waals surface area contributed by atoms with E-state index >= 15 is 0 Å². The second-order valence-corrected chi connectivity index (χ2v) is 5.27. The number of furan rings is 1. The third-order valence-electron chi connectivity index (χ3n) is 2.42. The molecule has 0 fully saturated rings. The maximum atomic E-state index is 5.58. The molecule has 5 heteroatoms. The normalized spacial score (nSPS) is 12.9. The lowest BCUT2D eigenvalue weighted by Gasteiger charge is -2.14. The van der Waals surface area contributed by atoms with Crippen LogP contribution < -0.4 is 11.3 Å². The number of halogens is 1. The predicted molar refractivity (Wildman–Crippen MR) is 69.1 cm³/mol. The number of aryl methyl sites for hydroxylation is 1. The average molecular weight is 301 g/mol. The van der Waals surface area contributed by atoms with Crippen molar-refractivity contribution in [3.05, 3.63) is 45.0 Å². The third kappa shape index (κ3) is 2.74. The second kappa shape index (κ2) is 5.63. The predicted octanol–water partition coefficient (Wildman–Crippen LogP) is 3.24. The van der Waals surface area contributed by atoms with Gasteiger partial charge in [-0.1, -0.05) is 0 Å². The lowest BCUT2D eigenvalue weighted by atomic mass is 10.1. The molecule has 0 bridgehead atoms. The molecule has 0 aliphatic carbocycles. The summed E-state index contributed by atoms with van der Waals surface area (Å²) in [4.78, 5) is 1.23. The molecule has 0 radical (unpaired) electrons. The number of thiophene rings is 1. The van der Waals surface area contributed by atoms with Gasteiger partial charge in [-0.2, -0.15) is 0 Å². The van der Waals surface area contributed by atoms with Gasteiger partial charge >= 0.3 is 0 Å². The Labute approximate surface area is 107 Å². The van der Waals surface area contributed by atoms with Crippen LogP contribution in [0.2, 0.25) is 0 Å². The van der Waals surface area contributed by atoms with E-state index in [1.165, 1.54) is 4.88 Å². The Balaban J connectivity index is 1.99. The summed E-state index contributed by atoms with van der Waals surface area (Å²) in [5.74, 6) is 6.57. The summed E-state index contributed by atoms with van der Waals surface area (Å²) in [7, 11) is 0. The standard InChI is InChI=1S/C11H13BrN2OS/c12-9-5-7-16-11(9)10(14-13)4-3-8-2-1-6-15-8/h1-2,5-7,10,14H,3-4,13H2. The second-order valence-electron chi connectivity index (χ2n) is 3.47. The van der Waals surface area contributed by atoms with E-state index in [4.69, 9.17) is 10.3 Å². The van der Waals surface area contributed by atoms with Crippen molar-refractivity contribution >= 4 is 27.3 Å². The fraction of sp³-hybridized carbons (Fsp3) is 0.273. The van der Waals surface area contributed by atoms with Crippen molar-refractivity contribution in [3.8, 4) is 0 Å². The van der Waals surface area contributed by atoms with Gasteiger partial charge in [-0.3, -0.25) is 11.3 Å². The van der Waals surface area contributed by atoms with Crippen LogP contribution in [0.1, 0.15) is 23.1 Å². The Bertz CT molecular complexity index is 427. The van der Waals surface area contributed by atoms with Crippen molar-refractivity contribution < 1.29 is 4.42 Å². The molecule has 0 saturated carbocycles. The zero-order valence-electron chi connectivity index (χ0n) is 8.65.